The molecule has 0 saturated heterocycles. The predicted octanol–water partition coefficient (Wildman–Crippen LogP) is 4.63. The summed E-state index contributed by atoms with van der Waals surface area (Å²) in [6, 6.07) is 14.1. The van der Waals surface area contributed by atoms with Crippen LogP contribution in [0.3, 0.4) is 0 Å². The van der Waals surface area contributed by atoms with E-state index in [0.717, 1.165) is 55.7 Å². The highest BCUT2D eigenvalue weighted by molar-refractivity contribution is 6.00. The zero-order valence-electron chi connectivity index (χ0n) is 15.7. The van der Waals surface area contributed by atoms with E-state index in [-0.39, 0.29) is 0 Å². The molecule has 6 rings (SSSR count). The molecule has 0 aliphatic rings. The van der Waals surface area contributed by atoms with Crippen LogP contribution in [0, 0.1) is 0 Å². The zero-order chi connectivity index (χ0) is 19.9. The van der Waals surface area contributed by atoms with Gasteiger partial charge in [-0.15, -0.1) is 0 Å². The van der Waals surface area contributed by atoms with Crippen molar-refractivity contribution in [3.63, 3.8) is 0 Å². The van der Waals surface area contributed by atoms with Crippen LogP contribution in [0.5, 0.6) is 0 Å². The third kappa shape index (κ3) is 2.64. The minimum absolute atomic E-state index is 0.818. The SMILES string of the molecule is c1cc(-c2cc3c(-c4cc5c(-c6ccncc6)ccnc5[nH]4)n[nH]c3cn2)ccn1. The third-order valence-electron chi connectivity index (χ3n) is 5.20. The van der Waals surface area contributed by atoms with E-state index in [4.69, 9.17) is 0 Å². The topological polar surface area (TPSA) is 96.0 Å². The number of pyridine rings is 4. The molecule has 2 N–H and O–H groups in total. The Morgan fingerprint density at radius 3 is 2.27 bits per heavy atom. The number of aromatic nitrogens is 7. The lowest BCUT2D eigenvalue weighted by molar-refractivity contribution is 1.11. The van der Waals surface area contributed by atoms with E-state index in [1.807, 2.05) is 48.8 Å². The molecule has 0 bridgehead atoms. The fourth-order valence-electron chi connectivity index (χ4n) is 3.74. The number of nitrogens with one attached hydrogen (secondary N) is 2. The highest BCUT2D eigenvalue weighted by Crippen LogP contribution is 2.33. The average Bonchev–Trinajstić information content (AvgIpc) is 3.43. The van der Waals surface area contributed by atoms with Gasteiger partial charge in [0.25, 0.3) is 0 Å². The van der Waals surface area contributed by atoms with Gasteiger partial charge in [-0.1, -0.05) is 0 Å². The maximum Gasteiger partial charge on any atom is 0.138 e. The Labute approximate surface area is 170 Å². The molecule has 0 aliphatic heterocycles. The Hall–Kier alpha value is -4.39. The summed E-state index contributed by atoms with van der Waals surface area (Å²) in [6.45, 7) is 0. The first-order valence-electron chi connectivity index (χ1n) is 9.50. The predicted molar refractivity (Wildman–Crippen MR) is 115 cm³/mol. The summed E-state index contributed by atoms with van der Waals surface area (Å²) < 4.78 is 0. The maximum absolute atomic E-state index is 4.55. The largest absolute Gasteiger partial charge is 0.338 e. The molecule has 7 nitrogen and oxygen atoms in total. The van der Waals surface area contributed by atoms with Gasteiger partial charge in [0.2, 0.25) is 0 Å². The first kappa shape index (κ1) is 16.6. The summed E-state index contributed by atoms with van der Waals surface area (Å²) >= 11 is 0. The summed E-state index contributed by atoms with van der Waals surface area (Å²) in [6.07, 6.45) is 10.7. The quantitative estimate of drug-likeness (QED) is 0.460. The Morgan fingerprint density at radius 2 is 1.47 bits per heavy atom. The molecule has 6 heterocycles. The van der Waals surface area contributed by atoms with Crippen LogP contribution in [0.1, 0.15) is 0 Å². The standard InChI is InChI=1S/C23H15N7/c1-6-24-7-2-14(1)16-5-10-26-23-17(16)11-20(28-23)22-18-12-19(15-3-8-25-9-4-15)27-13-21(18)29-30-22/h1-13H,(H,26,28)(H,29,30). The van der Waals surface area contributed by atoms with Crippen LogP contribution in [0.2, 0.25) is 0 Å². The number of fused-ring (bicyclic) bond motifs is 2. The zero-order valence-corrected chi connectivity index (χ0v) is 15.7. The van der Waals surface area contributed by atoms with Gasteiger partial charge >= 0.3 is 0 Å². The summed E-state index contributed by atoms with van der Waals surface area (Å²) in [5.74, 6) is 0. The molecule has 0 fully saturated rings. The molecule has 6 aromatic heterocycles. The van der Waals surface area contributed by atoms with Crippen molar-refractivity contribution in [3.05, 3.63) is 79.6 Å². The molecule has 0 aromatic carbocycles. The molecule has 6 aromatic rings. The van der Waals surface area contributed by atoms with Crippen molar-refractivity contribution in [2.24, 2.45) is 0 Å². The van der Waals surface area contributed by atoms with Crippen molar-refractivity contribution in [3.8, 4) is 33.8 Å². The lowest BCUT2D eigenvalue weighted by Crippen LogP contribution is -1.84. The van der Waals surface area contributed by atoms with Crippen molar-refractivity contribution in [1.29, 1.82) is 0 Å². The first-order chi connectivity index (χ1) is 14.9. The van der Waals surface area contributed by atoms with Gasteiger partial charge in [-0.2, -0.15) is 5.10 Å². The molecule has 0 atom stereocenters. The number of hydrogen-bond donors (Lipinski definition) is 2. The van der Waals surface area contributed by atoms with Crippen molar-refractivity contribution in [2.45, 2.75) is 0 Å². The smallest absolute Gasteiger partial charge is 0.138 e. The second-order valence-electron chi connectivity index (χ2n) is 6.96. The van der Waals surface area contributed by atoms with Crippen molar-refractivity contribution < 1.29 is 0 Å². The first-order valence-corrected chi connectivity index (χ1v) is 9.50. The van der Waals surface area contributed by atoms with Gasteiger partial charge in [-0.3, -0.25) is 20.1 Å². The van der Waals surface area contributed by atoms with Gasteiger partial charge in [0, 0.05) is 47.3 Å². The van der Waals surface area contributed by atoms with Crippen LogP contribution in [0.15, 0.2) is 79.6 Å². The van der Waals surface area contributed by atoms with Crippen LogP contribution in [0.25, 0.3) is 55.7 Å². The van der Waals surface area contributed by atoms with Gasteiger partial charge in [0.1, 0.15) is 11.3 Å². The minimum atomic E-state index is 0.818. The van der Waals surface area contributed by atoms with Crippen molar-refractivity contribution in [2.75, 3.05) is 0 Å². The molecule has 0 radical (unpaired) electrons. The maximum atomic E-state index is 4.55. The van der Waals surface area contributed by atoms with Crippen LogP contribution in [-0.4, -0.2) is 35.1 Å². The summed E-state index contributed by atoms with van der Waals surface area (Å²) in [5.41, 5.74) is 7.51. The van der Waals surface area contributed by atoms with E-state index >= 15 is 0 Å². The van der Waals surface area contributed by atoms with Gasteiger partial charge in [-0.25, -0.2) is 4.98 Å². The van der Waals surface area contributed by atoms with E-state index in [1.165, 1.54) is 0 Å². The summed E-state index contributed by atoms with van der Waals surface area (Å²) in [7, 11) is 0. The number of H-pyrrole nitrogens is 2. The van der Waals surface area contributed by atoms with E-state index in [9.17, 15) is 0 Å². The fourth-order valence-corrected chi connectivity index (χ4v) is 3.74. The Bertz CT molecular complexity index is 1480. The van der Waals surface area contributed by atoms with Gasteiger partial charge in [-0.05, 0) is 53.6 Å². The van der Waals surface area contributed by atoms with Crippen molar-refractivity contribution in [1.82, 2.24) is 35.1 Å². The normalized spacial score (nSPS) is 11.3. The second-order valence-corrected chi connectivity index (χ2v) is 6.96. The van der Waals surface area contributed by atoms with Crippen LogP contribution < -0.4 is 0 Å². The van der Waals surface area contributed by atoms with E-state index < -0.39 is 0 Å². The monoisotopic (exact) mass is 389 g/mol. The summed E-state index contributed by atoms with van der Waals surface area (Å²) in [4.78, 5) is 20.7. The molecule has 0 amide bonds. The summed E-state index contributed by atoms with van der Waals surface area (Å²) in [5, 5.41) is 9.67. The van der Waals surface area contributed by atoms with Gasteiger partial charge in [0.15, 0.2) is 0 Å². The molecular formula is C23H15N7. The third-order valence-corrected chi connectivity index (χ3v) is 5.20. The lowest BCUT2D eigenvalue weighted by atomic mass is 10.0. The van der Waals surface area contributed by atoms with Gasteiger partial charge in [0.05, 0.1) is 23.1 Å². The molecule has 7 heteroatoms. The number of aromatic amines is 2. The van der Waals surface area contributed by atoms with Crippen LogP contribution in [-0.2, 0) is 0 Å². The Morgan fingerprint density at radius 1 is 0.700 bits per heavy atom. The van der Waals surface area contributed by atoms with E-state index in [1.54, 1.807) is 24.8 Å². The van der Waals surface area contributed by atoms with Crippen LogP contribution >= 0.6 is 0 Å². The molecule has 0 saturated carbocycles. The molecule has 0 unspecified atom stereocenters. The molecule has 0 aliphatic carbocycles. The van der Waals surface area contributed by atoms with Crippen LogP contribution in [0.4, 0.5) is 0 Å². The van der Waals surface area contributed by atoms with Crippen molar-refractivity contribution >= 4 is 21.9 Å². The fraction of sp³-hybridized carbons (Fsp3) is 0. The molecule has 0 spiro atoms. The lowest BCUT2D eigenvalue weighted by Gasteiger charge is -2.01. The second kappa shape index (κ2) is 6.59. The van der Waals surface area contributed by atoms with E-state index in [0.29, 0.717) is 0 Å². The number of rotatable bonds is 3. The average molecular weight is 389 g/mol. The highest BCUT2D eigenvalue weighted by Gasteiger charge is 2.15. The molecule has 30 heavy (non-hydrogen) atoms. The van der Waals surface area contributed by atoms with Gasteiger partial charge < -0.3 is 4.98 Å². The molecule has 142 valence electrons. The number of hydrogen-bond acceptors (Lipinski definition) is 5. The van der Waals surface area contributed by atoms with E-state index in [2.05, 4.69) is 41.2 Å². The minimum Gasteiger partial charge on any atom is -0.338 e. The molecular weight excluding hydrogens is 374 g/mol. The highest BCUT2D eigenvalue weighted by atomic mass is 15.1. The Kier molecular flexibility index (Phi) is 3.64. The Balaban J connectivity index is 1.52. The number of nitrogens with zero attached hydrogens (tertiary/aromatic N) is 5.